The van der Waals surface area contributed by atoms with Crippen molar-refractivity contribution in [1.29, 1.82) is 0 Å². The Hall–Kier alpha value is -3.27. The SMILES string of the molecule is CC/C(=N/O)c1c(C(C)C)nn2ccccc12.CCC(=O)c1c(C(C)C)nn2ccccc12.Cl.NO. The predicted octanol–water partition coefficient (Wildman–Crippen LogP) is 5.85. The summed E-state index contributed by atoms with van der Waals surface area (Å²) in [6, 6.07) is 11.7. The number of aromatic nitrogens is 4. The average molecular weight is 517 g/mol. The summed E-state index contributed by atoms with van der Waals surface area (Å²) in [7, 11) is 0. The number of pyridine rings is 2. The van der Waals surface area contributed by atoms with E-state index in [0.717, 1.165) is 33.5 Å². The highest BCUT2D eigenvalue weighted by atomic mass is 35.5. The summed E-state index contributed by atoms with van der Waals surface area (Å²) in [5.74, 6) is 4.24. The summed E-state index contributed by atoms with van der Waals surface area (Å²) >= 11 is 0. The van der Waals surface area contributed by atoms with Crippen molar-refractivity contribution in [2.75, 3.05) is 0 Å². The molecule has 4 heterocycles. The second kappa shape index (κ2) is 14.3. The van der Waals surface area contributed by atoms with Crippen LogP contribution in [-0.4, -0.2) is 41.1 Å². The van der Waals surface area contributed by atoms with E-state index in [1.165, 1.54) is 0 Å². The molecule has 0 aliphatic carbocycles. The van der Waals surface area contributed by atoms with Crippen LogP contribution in [0.25, 0.3) is 11.0 Å². The van der Waals surface area contributed by atoms with Crippen molar-refractivity contribution >= 4 is 34.9 Å². The standard InChI is InChI=1S/C13H17N3O.C13H16N2O.ClH.H3NO/c1-4-10(15-17)12-11-7-5-6-8-16(11)14-13(12)9(2)3;1-4-11(16)12-10-7-5-6-8-15(10)14-13(12)9(2)3;;1-2/h5-9,17H,4H2,1-3H3;5-9H,4H2,1-3H3;1H;2H,1H2/b15-10-;;;. The largest absolute Gasteiger partial charge is 0.411 e. The number of rotatable bonds is 6. The maximum absolute atomic E-state index is 12.0. The van der Waals surface area contributed by atoms with Crippen LogP contribution in [0.4, 0.5) is 0 Å². The number of hydrogen-bond acceptors (Lipinski definition) is 7. The first-order valence-electron chi connectivity index (χ1n) is 11.8. The zero-order valence-electron chi connectivity index (χ0n) is 21.7. The average Bonchev–Trinajstić information content (AvgIpc) is 3.46. The number of fused-ring (bicyclic) bond motifs is 2. The monoisotopic (exact) mass is 516 g/mol. The molecule has 0 spiro atoms. The van der Waals surface area contributed by atoms with Gasteiger partial charge in [-0.3, -0.25) is 4.79 Å². The summed E-state index contributed by atoms with van der Waals surface area (Å²) in [4.78, 5) is 12.0. The molecular weight excluding hydrogens is 480 g/mol. The van der Waals surface area contributed by atoms with Crippen molar-refractivity contribution in [2.45, 2.75) is 66.2 Å². The zero-order chi connectivity index (χ0) is 26.1. The van der Waals surface area contributed by atoms with Crippen molar-refractivity contribution in [2.24, 2.45) is 11.1 Å². The highest BCUT2D eigenvalue weighted by molar-refractivity contribution is 6.06. The van der Waals surface area contributed by atoms with Gasteiger partial charge in [-0.1, -0.05) is 58.8 Å². The van der Waals surface area contributed by atoms with E-state index >= 15 is 0 Å². The molecule has 0 saturated carbocycles. The first-order chi connectivity index (χ1) is 16.8. The van der Waals surface area contributed by atoms with E-state index in [9.17, 15) is 4.79 Å². The number of nitrogens with two attached hydrogens (primary N) is 1. The smallest absolute Gasteiger partial charge is 0.166 e. The van der Waals surface area contributed by atoms with Crippen molar-refractivity contribution in [3.63, 3.8) is 0 Å². The molecule has 10 heteroatoms. The third kappa shape index (κ3) is 6.48. The van der Waals surface area contributed by atoms with Crippen LogP contribution in [0.15, 0.2) is 53.9 Å². The Labute approximate surface area is 218 Å². The van der Waals surface area contributed by atoms with Crippen LogP contribution in [-0.2, 0) is 0 Å². The molecule has 4 aromatic heterocycles. The lowest BCUT2D eigenvalue weighted by molar-refractivity contribution is 0.0988. The normalized spacial score (nSPS) is 11.1. The van der Waals surface area contributed by atoms with E-state index < -0.39 is 0 Å². The molecule has 0 aliphatic rings. The molecule has 0 unspecified atom stereocenters. The molecule has 0 atom stereocenters. The van der Waals surface area contributed by atoms with E-state index in [2.05, 4.69) is 48.9 Å². The highest BCUT2D eigenvalue weighted by Gasteiger charge is 2.20. The molecule has 0 fully saturated rings. The molecule has 0 aromatic carbocycles. The maximum Gasteiger partial charge on any atom is 0.166 e. The number of halogens is 1. The number of Topliss-reactive ketones (excluding diaryl/α,β-unsaturated/α-hetero) is 1. The number of hydrogen-bond donors (Lipinski definition) is 3. The molecule has 4 rings (SSSR count). The van der Waals surface area contributed by atoms with Crippen LogP contribution in [0.1, 0.15) is 93.5 Å². The fraction of sp³-hybridized carbons (Fsp3) is 0.385. The molecular formula is C26H37ClN6O3. The van der Waals surface area contributed by atoms with Crippen LogP contribution < -0.4 is 5.90 Å². The van der Waals surface area contributed by atoms with E-state index in [0.29, 0.717) is 24.5 Å². The quantitative estimate of drug-likeness (QED) is 0.127. The highest BCUT2D eigenvalue weighted by Crippen LogP contribution is 2.25. The summed E-state index contributed by atoms with van der Waals surface area (Å²) in [6.45, 7) is 12.2. The van der Waals surface area contributed by atoms with Gasteiger partial charge in [-0.05, 0) is 42.5 Å². The molecule has 9 nitrogen and oxygen atoms in total. The maximum atomic E-state index is 12.0. The van der Waals surface area contributed by atoms with E-state index in [1.54, 1.807) is 4.52 Å². The zero-order valence-corrected chi connectivity index (χ0v) is 22.5. The molecule has 4 aromatic rings. The fourth-order valence-electron chi connectivity index (χ4n) is 3.90. The fourth-order valence-corrected chi connectivity index (χ4v) is 3.90. The van der Waals surface area contributed by atoms with Crippen LogP contribution in [0.2, 0.25) is 0 Å². The Morgan fingerprint density at radius 2 is 1.31 bits per heavy atom. The molecule has 0 saturated heterocycles. The van der Waals surface area contributed by atoms with Crippen molar-refractivity contribution in [3.8, 4) is 0 Å². The van der Waals surface area contributed by atoms with E-state index in [-0.39, 0.29) is 24.1 Å². The Kier molecular flexibility index (Phi) is 12.2. The summed E-state index contributed by atoms with van der Waals surface area (Å²) in [5, 5.41) is 28.1. The van der Waals surface area contributed by atoms with Crippen LogP contribution in [0, 0.1) is 0 Å². The van der Waals surface area contributed by atoms with Crippen LogP contribution in [0.3, 0.4) is 0 Å². The summed E-state index contributed by atoms with van der Waals surface area (Å²) < 4.78 is 3.63. The molecule has 0 bridgehead atoms. The van der Waals surface area contributed by atoms with Crippen molar-refractivity contribution in [1.82, 2.24) is 19.2 Å². The molecule has 196 valence electrons. The topological polar surface area (TPSA) is 131 Å². The Balaban J connectivity index is 0.000000329. The van der Waals surface area contributed by atoms with Crippen molar-refractivity contribution in [3.05, 3.63) is 71.3 Å². The third-order valence-corrected chi connectivity index (χ3v) is 5.57. The molecule has 36 heavy (non-hydrogen) atoms. The second-order valence-electron chi connectivity index (χ2n) is 8.57. The van der Waals surface area contributed by atoms with Gasteiger partial charge in [0.2, 0.25) is 0 Å². The summed E-state index contributed by atoms with van der Waals surface area (Å²) in [5.41, 5.74) is 6.23. The first kappa shape index (κ1) is 30.8. The Morgan fingerprint density at radius 3 is 1.69 bits per heavy atom. The lowest BCUT2D eigenvalue weighted by Crippen LogP contribution is -2.03. The number of nitrogens with zero attached hydrogens (tertiary/aromatic N) is 5. The lowest BCUT2D eigenvalue weighted by atomic mass is 10.00. The first-order valence-corrected chi connectivity index (χ1v) is 11.8. The van der Waals surface area contributed by atoms with Crippen molar-refractivity contribution < 1.29 is 15.2 Å². The lowest BCUT2D eigenvalue weighted by Gasteiger charge is -2.05. The minimum Gasteiger partial charge on any atom is -0.411 e. The van der Waals surface area contributed by atoms with Crippen LogP contribution in [0.5, 0.6) is 0 Å². The number of carbonyl (C=O) groups is 1. The predicted molar refractivity (Wildman–Crippen MR) is 145 cm³/mol. The second-order valence-corrected chi connectivity index (χ2v) is 8.57. The number of ketones is 1. The van der Waals surface area contributed by atoms with Crippen LogP contribution >= 0.6 is 12.4 Å². The van der Waals surface area contributed by atoms with Gasteiger partial charge >= 0.3 is 0 Å². The third-order valence-electron chi connectivity index (χ3n) is 5.57. The Morgan fingerprint density at radius 1 is 0.861 bits per heavy atom. The van der Waals surface area contributed by atoms with Gasteiger partial charge in [-0.25, -0.2) is 14.9 Å². The van der Waals surface area contributed by atoms with E-state index in [4.69, 9.17) is 10.4 Å². The Bertz CT molecular complexity index is 1290. The summed E-state index contributed by atoms with van der Waals surface area (Å²) in [6.07, 6.45) is 5.01. The molecule has 0 aliphatic heterocycles. The number of carbonyl (C=O) groups excluding carboxylic acids is 1. The van der Waals surface area contributed by atoms with Gasteiger partial charge in [0.25, 0.3) is 0 Å². The van der Waals surface area contributed by atoms with Gasteiger partial charge in [0.15, 0.2) is 5.78 Å². The van der Waals surface area contributed by atoms with Gasteiger partial charge in [-0.15, -0.1) is 12.4 Å². The van der Waals surface area contributed by atoms with Gasteiger partial charge in [-0.2, -0.15) is 10.2 Å². The van der Waals surface area contributed by atoms with Gasteiger partial charge in [0.1, 0.15) is 0 Å². The van der Waals surface area contributed by atoms with E-state index in [1.807, 2.05) is 67.2 Å². The number of oxime groups is 1. The van der Waals surface area contributed by atoms with Gasteiger partial charge in [0, 0.05) is 24.4 Å². The molecule has 0 amide bonds. The van der Waals surface area contributed by atoms with Gasteiger partial charge in [0.05, 0.1) is 33.7 Å². The minimum atomic E-state index is 0. The minimum absolute atomic E-state index is 0. The molecule has 4 N–H and O–H groups in total. The van der Waals surface area contributed by atoms with Gasteiger partial charge < -0.3 is 10.4 Å². The molecule has 0 radical (unpaired) electrons.